The van der Waals surface area contributed by atoms with Crippen molar-refractivity contribution in [3.05, 3.63) is 49.1 Å². The molecule has 0 spiro atoms. The monoisotopic (exact) mass is 255 g/mol. The highest BCUT2D eigenvalue weighted by molar-refractivity contribution is 7.86. The Morgan fingerprint density at radius 3 is 2.41 bits per heavy atom. The van der Waals surface area contributed by atoms with Crippen molar-refractivity contribution in [1.82, 2.24) is 9.97 Å². The highest BCUT2D eigenvalue weighted by Gasteiger charge is 2.00. The molecule has 0 bridgehead atoms. The van der Waals surface area contributed by atoms with Gasteiger partial charge in [-0.2, -0.15) is 12.7 Å². The predicted octanol–water partition coefficient (Wildman–Crippen LogP) is 1.40. The summed E-state index contributed by atoms with van der Waals surface area (Å²) >= 11 is 0. The van der Waals surface area contributed by atoms with Crippen molar-refractivity contribution in [2.45, 2.75) is 0 Å². The molecule has 2 aromatic rings. The third kappa shape index (κ3) is 7.09. The molecule has 2 rings (SSSR count). The van der Waals surface area contributed by atoms with Crippen LogP contribution >= 0.6 is 0 Å². The highest BCUT2D eigenvalue weighted by Crippen LogP contribution is 2.05. The fraction of sp³-hybridized carbons (Fsp3) is 0.100. The quantitative estimate of drug-likeness (QED) is 0.810. The molecule has 0 radical (unpaired) electrons. The Hall–Kier alpha value is -1.86. The molecule has 0 saturated heterocycles. The van der Waals surface area contributed by atoms with E-state index in [4.69, 9.17) is 0 Å². The zero-order chi connectivity index (χ0) is 12.6. The molecule has 6 nitrogen and oxygen atoms in total. The second-order valence-electron chi connectivity index (χ2n) is 3.02. The summed E-state index contributed by atoms with van der Waals surface area (Å²) in [5.41, 5.74) is 2.90. The molecule has 0 unspecified atom stereocenters. The maximum Gasteiger partial charge on any atom is 0.284 e. The van der Waals surface area contributed by atoms with Gasteiger partial charge in [0.2, 0.25) is 0 Å². The summed E-state index contributed by atoms with van der Waals surface area (Å²) in [5.74, 6) is 0. The van der Waals surface area contributed by atoms with Gasteiger partial charge in [-0.15, -0.1) is 0 Å². The lowest BCUT2D eigenvalue weighted by molar-refractivity contribution is 0.396. The zero-order valence-corrected chi connectivity index (χ0v) is 10.0. The minimum atomic E-state index is -3.43. The summed E-state index contributed by atoms with van der Waals surface area (Å²) in [7, 11) is -3.43. The topological polar surface area (TPSA) is 84.1 Å². The maximum atomic E-state index is 10.5. The molecule has 0 amide bonds. The van der Waals surface area contributed by atoms with Crippen molar-refractivity contribution in [1.29, 1.82) is 0 Å². The van der Waals surface area contributed by atoms with Gasteiger partial charge in [-0.05, 0) is 12.1 Å². The molecule has 0 aliphatic carbocycles. The summed E-state index contributed by atoms with van der Waals surface area (Å²) in [6, 6.07) is 8.77. The Morgan fingerprint density at radius 2 is 2.00 bits per heavy atom. The number of hydrogen-bond acceptors (Lipinski definition) is 5. The van der Waals surface area contributed by atoms with Gasteiger partial charge in [0.1, 0.15) is 0 Å². The van der Waals surface area contributed by atoms with Crippen LogP contribution in [0.15, 0.2) is 49.1 Å². The fourth-order valence-electron chi connectivity index (χ4n) is 0.845. The summed E-state index contributed by atoms with van der Waals surface area (Å²) in [4.78, 5) is 6.42. The minimum Gasteiger partial charge on any atom is -0.351 e. The average Bonchev–Trinajstić information content (AvgIpc) is 2.85. The van der Waals surface area contributed by atoms with Crippen molar-refractivity contribution in [2.75, 3.05) is 11.7 Å². The van der Waals surface area contributed by atoms with E-state index >= 15 is 0 Å². The second kappa shape index (κ2) is 6.66. The normalized spacial score (nSPS) is 10.2. The number of nitrogens with zero attached hydrogens (tertiary/aromatic N) is 1. The largest absolute Gasteiger partial charge is 0.351 e. The summed E-state index contributed by atoms with van der Waals surface area (Å²) in [6.07, 6.45) is 6.06. The van der Waals surface area contributed by atoms with Crippen molar-refractivity contribution in [3.63, 3.8) is 0 Å². The lowest BCUT2D eigenvalue weighted by Gasteiger charge is -2.02. The van der Waals surface area contributed by atoms with Gasteiger partial charge in [-0.1, -0.05) is 18.2 Å². The second-order valence-corrected chi connectivity index (χ2v) is 4.59. The molecule has 1 aromatic heterocycles. The fourth-order valence-corrected chi connectivity index (χ4v) is 1.09. The Kier molecular flexibility index (Phi) is 5.18. The molecular weight excluding hydrogens is 242 g/mol. The lowest BCUT2D eigenvalue weighted by atomic mass is 10.3. The van der Waals surface area contributed by atoms with Crippen molar-refractivity contribution in [3.8, 4) is 0 Å². The standard InChI is InChI=1S/C7H9NO3S.C3H4N2/c1-12(9,10)11-8-7-5-3-2-4-6-7;1-2-5-3-4-1/h2-6,8H,1H3;1-3H,(H,4,5). The van der Waals surface area contributed by atoms with Gasteiger partial charge >= 0.3 is 0 Å². The van der Waals surface area contributed by atoms with Crippen LogP contribution in [0.3, 0.4) is 0 Å². The van der Waals surface area contributed by atoms with Crippen LogP contribution in [0.2, 0.25) is 0 Å². The number of para-hydroxylation sites is 1. The number of imidazole rings is 1. The molecule has 92 valence electrons. The maximum absolute atomic E-state index is 10.5. The molecule has 1 heterocycles. The number of aromatic amines is 1. The first-order valence-electron chi connectivity index (χ1n) is 4.70. The first kappa shape index (κ1) is 13.2. The Labute approximate surface area is 99.7 Å². The average molecular weight is 255 g/mol. The van der Waals surface area contributed by atoms with E-state index < -0.39 is 10.1 Å². The molecule has 2 N–H and O–H groups in total. The molecule has 1 aromatic carbocycles. The first-order chi connectivity index (χ1) is 8.08. The van der Waals surface area contributed by atoms with Gasteiger partial charge in [-0.25, -0.2) is 10.5 Å². The number of hydrogen-bond donors (Lipinski definition) is 2. The summed E-state index contributed by atoms with van der Waals surface area (Å²) in [5, 5.41) is 0. The van der Waals surface area contributed by atoms with Crippen LogP contribution in [0.1, 0.15) is 0 Å². The van der Waals surface area contributed by atoms with Gasteiger partial charge in [0, 0.05) is 12.4 Å². The molecule has 7 heteroatoms. The molecule has 17 heavy (non-hydrogen) atoms. The number of aromatic nitrogens is 2. The SMILES string of the molecule is CS(=O)(=O)ONc1ccccc1.c1c[nH]cn1. The van der Waals surface area contributed by atoms with Gasteiger partial charge in [0.25, 0.3) is 10.1 Å². The highest BCUT2D eigenvalue weighted by atomic mass is 32.2. The van der Waals surface area contributed by atoms with Crippen molar-refractivity contribution < 1.29 is 12.7 Å². The Bertz CT molecular complexity index is 480. The third-order valence-corrected chi connectivity index (χ3v) is 1.88. The number of rotatable bonds is 3. The number of anilines is 1. The summed E-state index contributed by atoms with van der Waals surface area (Å²) in [6.45, 7) is 0. The van der Waals surface area contributed by atoms with Crippen LogP contribution < -0.4 is 5.48 Å². The molecule has 0 aliphatic heterocycles. The molecule has 0 saturated carbocycles. The number of H-pyrrole nitrogens is 1. The van der Waals surface area contributed by atoms with Crippen LogP contribution in [-0.2, 0) is 14.4 Å². The van der Waals surface area contributed by atoms with Gasteiger partial charge in [-0.3, -0.25) is 0 Å². The number of nitrogens with one attached hydrogen (secondary N) is 2. The van der Waals surface area contributed by atoms with Crippen LogP contribution in [0.5, 0.6) is 0 Å². The lowest BCUT2D eigenvalue weighted by Crippen LogP contribution is -2.08. The van der Waals surface area contributed by atoms with E-state index in [9.17, 15) is 8.42 Å². The van der Waals surface area contributed by atoms with Crippen LogP contribution in [0.25, 0.3) is 0 Å². The van der Waals surface area contributed by atoms with Crippen molar-refractivity contribution >= 4 is 15.8 Å². The molecule has 0 fully saturated rings. The van der Waals surface area contributed by atoms with E-state index in [2.05, 4.69) is 19.7 Å². The van der Waals surface area contributed by atoms with E-state index in [1.54, 1.807) is 43.0 Å². The van der Waals surface area contributed by atoms with E-state index in [1.165, 1.54) is 0 Å². The van der Waals surface area contributed by atoms with Gasteiger partial charge in [0.15, 0.2) is 0 Å². The van der Waals surface area contributed by atoms with Crippen LogP contribution in [0.4, 0.5) is 5.69 Å². The van der Waals surface area contributed by atoms with E-state index in [0.717, 1.165) is 6.26 Å². The predicted molar refractivity (Wildman–Crippen MR) is 64.6 cm³/mol. The van der Waals surface area contributed by atoms with Crippen molar-refractivity contribution in [2.24, 2.45) is 0 Å². The number of benzene rings is 1. The first-order valence-corrected chi connectivity index (χ1v) is 6.52. The summed E-state index contributed by atoms with van der Waals surface area (Å²) < 4.78 is 25.4. The molecule has 0 atom stereocenters. The molecule has 0 aliphatic rings. The van der Waals surface area contributed by atoms with Crippen LogP contribution in [0, 0.1) is 0 Å². The zero-order valence-electron chi connectivity index (χ0n) is 9.20. The van der Waals surface area contributed by atoms with E-state index in [0.29, 0.717) is 5.69 Å². The third-order valence-electron chi connectivity index (χ3n) is 1.49. The van der Waals surface area contributed by atoms with Gasteiger partial charge < -0.3 is 4.98 Å². The van der Waals surface area contributed by atoms with Crippen LogP contribution in [-0.4, -0.2) is 24.6 Å². The Morgan fingerprint density at radius 1 is 1.29 bits per heavy atom. The van der Waals surface area contributed by atoms with E-state index in [-0.39, 0.29) is 0 Å². The van der Waals surface area contributed by atoms with Gasteiger partial charge in [0.05, 0.1) is 18.3 Å². The van der Waals surface area contributed by atoms with E-state index in [1.807, 2.05) is 6.07 Å². The minimum absolute atomic E-state index is 0.600. The smallest absolute Gasteiger partial charge is 0.284 e. The molecular formula is C10H13N3O3S. The Balaban J connectivity index is 0.000000239.